The Morgan fingerprint density at radius 3 is 3.00 bits per heavy atom. The maximum Gasteiger partial charge on any atom is 0.335 e. The van der Waals surface area contributed by atoms with Crippen LogP contribution in [0.4, 0.5) is 0 Å². The number of carboxylic acids is 1. The number of carbonyl (C=O) groups excluding carboxylic acids is 1. The summed E-state index contributed by atoms with van der Waals surface area (Å²) >= 11 is 0. The van der Waals surface area contributed by atoms with E-state index in [4.69, 9.17) is 5.11 Å². The van der Waals surface area contributed by atoms with Gasteiger partial charge in [-0.1, -0.05) is 5.21 Å². The summed E-state index contributed by atoms with van der Waals surface area (Å²) in [5.41, 5.74) is 1.54. The van der Waals surface area contributed by atoms with Crippen LogP contribution >= 0.6 is 0 Å². The highest BCUT2D eigenvalue weighted by atomic mass is 16.4. The van der Waals surface area contributed by atoms with Gasteiger partial charge in [0, 0.05) is 13.0 Å². The van der Waals surface area contributed by atoms with Crippen LogP contribution in [0.3, 0.4) is 0 Å². The summed E-state index contributed by atoms with van der Waals surface area (Å²) < 4.78 is 1.70. The van der Waals surface area contributed by atoms with Gasteiger partial charge in [-0.2, -0.15) is 0 Å². The molecule has 1 aliphatic heterocycles. The number of fused-ring (bicyclic) bond motifs is 1. The first-order chi connectivity index (χ1) is 9.15. The average Bonchev–Trinajstić information content (AvgIpc) is 2.82. The number of aromatic nitrogens is 3. The fraction of sp³-hybridized carbons (Fsp3) is 0.333. The molecule has 0 aliphatic carbocycles. The number of hydrogen-bond acceptors (Lipinski definition) is 4. The number of benzene rings is 1. The lowest BCUT2D eigenvalue weighted by molar-refractivity contribution is -0.122. The normalized spacial score (nSPS) is 19.4. The number of piperidine rings is 1. The molecule has 98 valence electrons. The van der Waals surface area contributed by atoms with Crippen molar-refractivity contribution < 1.29 is 14.7 Å². The molecule has 1 aromatic carbocycles. The third kappa shape index (κ3) is 2.03. The lowest BCUT2D eigenvalue weighted by Crippen LogP contribution is -2.36. The first kappa shape index (κ1) is 11.6. The van der Waals surface area contributed by atoms with Crippen molar-refractivity contribution in [1.82, 2.24) is 20.3 Å². The number of hydrogen-bond donors (Lipinski definition) is 2. The van der Waals surface area contributed by atoms with Crippen LogP contribution in [0, 0.1) is 0 Å². The molecular weight excluding hydrogens is 248 g/mol. The maximum absolute atomic E-state index is 11.2. The van der Waals surface area contributed by atoms with Crippen LogP contribution in [0.15, 0.2) is 18.2 Å². The summed E-state index contributed by atoms with van der Waals surface area (Å²) in [5.74, 6) is -0.946. The molecule has 1 saturated heterocycles. The molecule has 2 N–H and O–H groups in total. The van der Waals surface area contributed by atoms with Crippen LogP contribution in [-0.2, 0) is 4.79 Å². The van der Waals surface area contributed by atoms with Gasteiger partial charge in [0.15, 0.2) is 0 Å². The smallest absolute Gasteiger partial charge is 0.335 e. The summed E-state index contributed by atoms with van der Waals surface area (Å²) in [5, 5.41) is 19.9. The molecule has 0 radical (unpaired) electrons. The van der Waals surface area contributed by atoms with E-state index in [1.165, 1.54) is 6.07 Å². The molecule has 0 bridgehead atoms. The van der Waals surface area contributed by atoms with Crippen LogP contribution in [0.25, 0.3) is 11.0 Å². The number of carbonyl (C=O) groups is 2. The Balaban J connectivity index is 2.01. The fourth-order valence-corrected chi connectivity index (χ4v) is 2.27. The lowest BCUT2D eigenvalue weighted by atomic mass is 10.1. The highest BCUT2D eigenvalue weighted by Gasteiger charge is 2.22. The zero-order valence-electron chi connectivity index (χ0n) is 10.0. The van der Waals surface area contributed by atoms with E-state index in [9.17, 15) is 9.59 Å². The van der Waals surface area contributed by atoms with E-state index in [1.807, 2.05) is 0 Å². The van der Waals surface area contributed by atoms with Crippen molar-refractivity contribution in [2.45, 2.75) is 18.9 Å². The number of aromatic carboxylic acids is 1. The molecule has 3 rings (SSSR count). The molecule has 1 atom stereocenters. The summed E-state index contributed by atoms with van der Waals surface area (Å²) in [4.78, 5) is 22.1. The largest absolute Gasteiger partial charge is 0.478 e. The first-order valence-electron chi connectivity index (χ1n) is 6.00. The minimum atomic E-state index is -0.980. The SMILES string of the molecule is O=C1CCC(n2nnc3ccc(C(=O)O)cc32)CN1. The molecule has 19 heavy (non-hydrogen) atoms. The number of nitrogens with one attached hydrogen (secondary N) is 1. The predicted octanol–water partition coefficient (Wildman–Crippen LogP) is 0.581. The molecule has 1 aliphatic rings. The van der Waals surface area contributed by atoms with Crippen molar-refractivity contribution in [2.75, 3.05) is 6.54 Å². The fourth-order valence-electron chi connectivity index (χ4n) is 2.27. The van der Waals surface area contributed by atoms with Crippen LogP contribution in [0.5, 0.6) is 0 Å². The second kappa shape index (κ2) is 4.34. The Bertz CT molecular complexity index is 654. The van der Waals surface area contributed by atoms with Crippen molar-refractivity contribution in [1.29, 1.82) is 0 Å². The van der Waals surface area contributed by atoms with Crippen molar-refractivity contribution in [2.24, 2.45) is 0 Å². The van der Waals surface area contributed by atoms with E-state index >= 15 is 0 Å². The van der Waals surface area contributed by atoms with E-state index in [1.54, 1.807) is 16.8 Å². The van der Waals surface area contributed by atoms with Gasteiger partial charge < -0.3 is 10.4 Å². The van der Waals surface area contributed by atoms with Crippen molar-refractivity contribution in [3.05, 3.63) is 23.8 Å². The second-order valence-electron chi connectivity index (χ2n) is 4.54. The predicted molar refractivity (Wildman–Crippen MR) is 65.8 cm³/mol. The van der Waals surface area contributed by atoms with E-state index in [-0.39, 0.29) is 17.5 Å². The van der Waals surface area contributed by atoms with E-state index in [0.29, 0.717) is 30.4 Å². The highest BCUT2D eigenvalue weighted by Crippen LogP contribution is 2.22. The maximum atomic E-state index is 11.2. The lowest BCUT2D eigenvalue weighted by Gasteiger charge is -2.22. The minimum Gasteiger partial charge on any atom is -0.478 e. The van der Waals surface area contributed by atoms with Crippen LogP contribution in [0.1, 0.15) is 29.2 Å². The number of carboxylic acid groups (broad SMARTS) is 1. The Morgan fingerprint density at radius 1 is 1.47 bits per heavy atom. The Morgan fingerprint density at radius 2 is 2.32 bits per heavy atom. The molecular formula is C12H12N4O3. The number of nitrogens with zero attached hydrogens (tertiary/aromatic N) is 3. The van der Waals surface area contributed by atoms with E-state index in [0.717, 1.165) is 0 Å². The molecule has 1 fully saturated rings. The minimum absolute atomic E-state index is 0.0201. The van der Waals surface area contributed by atoms with Crippen LogP contribution in [0.2, 0.25) is 0 Å². The molecule has 2 heterocycles. The molecule has 1 unspecified atom stereocenters. The van der Waals surface area contributed by atoms with Crippen molar-refractivity contribution in [3.63, 3.8) is 0 Å². The van der Waals surface area contributed by atoms with Gasteiger partial charge in [0.2, 0.25) is 5.91 Å². The van der Waals surface area contributed by atoms with Gasteiger partial charge in [-0.3, -0.25) is 4.79 Å². The molecule has 7 nitrogen and oxygen atoms in total. The standard InChI is InChI=1S/C12H12N4O3/c17-11-4-2-8(6-13-11)16-10-5-7(12(18)19)1-3-9(10)14-15-16/h1,3,5,8H,2,4,6H2,(H,13,17)(H,18,19). The van der Waals surface area contributed by atoms with E-state index in [2.05, 4.69) is 15.6 Å². The molecule has 2 aromatic rings. The first-order valence-corrected chi connectivity index (χ1v) is 6.00. The Hall–Kier alpha value is -2.44. The quantitative estimate of drug-likeness (QED) is 0.823. The van der Waals surface area contributed by atoms with Crippen molar-refractivity contribution in [3.8, 4) is 0 Å². The zero-order valence-corrected chi connectivity index (χ0v) is 10.0. The average molecular weight is 260 g/mol. The monoisotopic (exact) mass is 260 g/mol. The van der Waals surface area contributed by atoms with E-state index < -0.39 is 5.97 Å². The molecule has 0 spiro atoms. The number of rotatable bonds is 2. The van der Waals surface area contributed by atoms with Crippen LogP contribution in [-0.4, -0.2) is 38.5 Å². The molecule has 1 amide bonds. The van der Waals surface area contributed by atoms with Gasteiger partial charge in [-0.25, -0.2) is 9.48 Å². The summed E-state index contributed by atoms with van der Waals surface area (Å²) in [6, 6.07) is 4.73. The van der Waals surface area contributed by atoms with Gasteiger partial charge >= 0.3 is 5.97 Å². The molecule has 1 aromatic heterocycles. The zero-order chi connectivity index (χ0) is 13.4. The van der Waals surface area contributed by atoms with Gasteiger partial charge in [0.05, 0.1) is 17.1 Å². The van der Waals surface area contributed by atoms with Gasteiger partial charge in [-0.05, 0) is 24.6 Å². The molecule has 0 saturated carbocycles. The Labute approximate surface area is 108 Å². The second-order valence-corrected chi connectivity index (χ2v) is 4.54. The summed E-state index contributed by atoms with van der Waals surface area (Å²) in [6.07, 6.45) is 1.13. The van der Waals surface area contributed by atoms with Gasteiger partial charge in [0.1, 0.15) is 5.52 Å². The van der Waals surface area contributed by atoms with Gasteiger partial charge in [-0.15, -0.1) is 5.10 Å². The molecule has 7 heteroatoms. The summed E-state index contributed by atoms with van der Waals surface area (Å²) in [6.45, 7) is 0.495. The van der Waals surface area contributed by atoms with Gasteiger partial charge in [0.25, 0.3) is 0 Å². The summed E-state index contributed by atoms with van der Waals surface area (Å²) in [7, 11) is 0. The van der Waals surface area contributed by atoms with Crippen molar-refractivity contribution >= 4 is 22.9 Å². The third-order valence-corrected chi connectivity index (χ3v) is 3.30. The topological polar surface area (TPSA) is 97.1 Å². The highest BCUT2D eigenvalue weighted by molar-refractivity contribution is 5.92. The third-order valence-electron chi connectivity index (χ3n) is 3.30. The Kier molecular flexibility index (Phi) is 2.66. The number of amides is 1. The van der Waals surface area contributed by atoms with Crippen LogP contribution < -0.4 is 5.32 Å².